The van der Waals surface area contributed by atoms with E-state index in [2.05, 4.69) is 15.6 Å². The van der Waals surface area contributed by atoms with Gasteiger partial charge in [-0.05, 0) is 75.0 Å². The number of aromatic nitrogens is 2. The fraction of sp³-hybridized carbons (Fsp3) is 0.615. The van der Waals surface area contributed by atoms with Gasteiger partial charge in [0.1, 0.15) is 5.82 Å². The van der Waals surface area contributed by atoms with Gasteiger partial charge in [-0.15, -0.1) is 0 Å². The summed E-state index contributed by atoms with van der Waals surface area (Å²) in [7, 11) is 0. The predicted octanol–water partition coefficient (Wildman–Crippen LogP) is 5.25. The molecule has 0 radical (unpaired) electrons. The smallest absolute Gasteiger partial charge is 0.382 e. The molecule has 10 heteroatoms. The van der Waals surface area contributed by atoms with Crippen LogP contribution in [0.15, 0.2) is 30.5 Å². The topological polar surface area (TPSA) is 79.3 Å². The number of hydrogen-bond acceptors (Lipinski definition) is 6. The zero-order valence-corrected chi connectivity index (χ0v) is 21.0. The van der Waals surface area contributed by atoms with Crippen molar-refractivity contribution in [2.24, 2.45) is 11.8 Å². The van der Waals surface area contributed by atoms with Gasteiger partial charge in [-0.2, -0.15) is 13.2 Å². The molecule has 198 valence electrons. The number of anilines is 1. The number of alkyl halides is 3. The molecule has 0 amide bonds. The maximum Gasteiger partial charge on any atom is 0.415 e. The lowest BCUT2D eigenvalue weighted by Crippen LogP contribution is -2.43. The van der Waals surface area contributed by atoms with Gasteiger partial charge in [0.15, 0.2) is 6.10 Å². The predicted molar refractivity (Wildman–Crippen MR) is 134 cm³/mol. The van der Waals surface area contributed by atoms with E-state index in [0.717, 1.165) is 87.5 Å². The second kappa shape index (κ2) is 12.5. The number of aliphatic hydroxyl groups excluding tert-OH is 1. The number of ether oxygens (including phenoxy) is 1. The summed E-state index contributed by atoms with van der Waals surface area (Å²) in [5.41, 5.74) is 2.56. The molecule has 0 spiro atoms. The molecule has 1 saturated heterocycles. The standard InChI is InChI=1S/C26H34ClF3N4O2/c27-22-15-31-20(12-17-4-6-19(7-5-17)32-16-24(35)26(28,29)30)13-21(22)23-2-1-3-25(34-23)33-14-18-8-10-36-11-9-18/h1-3,13,15,17-19,24,32,35H,4-12,14,16H2,(H,33,34)/t17?,19?,24-/m0/s1. The molecular weight excluding hydrogens is 493 g/mol. The minimum absolute atomic E-state index is 0.00689. The first-order valence-electron chi connectivity index (χ1n) is 12.7. The molecule has 2 aliphatic rings. The Balaban J connectivity index is 1.31. The zero-order chi connectivity index (χ0) is 25.5. The quantitative estimate of drug-likeness (QED) is 0.414. The van der Waals surface area contributed by atoms with Crippen molar-refractivity contribution in [2.75, 3.05) is 31.6 Å². The molecule has 4 rings (SSSR count). The van der Waals surface area contributed by atoms with E-state index >= 15 is 0 Å². The fourth-order valence-corrected chi connectivity index (χ4v) is 5.13. The van der Waals surface area contributed by atoms with Gasteiger partial charge in [0.25, 0.3) is 0 Å². The second-order valence-corrected chi connectivity index (χ2v) is 10.3. The van der Waals surface area contributed by atoms with Crippen molar-refractivity contribution in [1.82, 2.24) is 15.3 Å². The van der Waals surface area contributed by atoms with E-state index in [-0.39, 0.29) is 6.04 Å². The maximum absolute atomic E-state index is 12.5. The van der Waals surface area contributed by atoms with Crippen LogP contribution in [0.1, 0.15) is 44.2 Å². The van der Waals surface area contributed by atoms with Crippen LogP contribution in [0, 0.1) is 11.8 Å². The summed E-state index contributed by atoms with van der Waals surface area (Å²) >= 11 is 6.49. The molecule has 0 bridgehead atoms. The minimum Gasteiger partial charge on any atom is -0.382 e. The van der Waals surface area contributed by atoms with Crippen molar-refractivity contribution in [3.8, 4) is 11.3 Å². The van der Waals surface area contributed by atoms with Gasteiger partial charge in [-0.25, -0.2) is 4.98 Å². The molecule has 36 heavy (non-hydrogen) atoms. The summed E-state index contributed by atoms with van der Waals surface area (Å²) in [5.74, 6) is 1.80. The van der Waals surface area contributed by atoms with E-state index in [0.29, 0.717) is 16.9 Å². The number of nitrogens with zero attached hydrogens (tertiary/aromatic N) is 2. The van der Waals surface area contributed by atoms with Gasteiger partial charge in [0.05, 0.1) is 10.7 Å². The normalized spacial score (nSPS) is 22.4. The van der Waals surface area contributed by atoms with Crippen LogP contribution in [0.3, 0.4) is 0 Å². The molecule has 2 fully saturated rings. The van der Waals surface area contributed by atoms with E-state index in [1.807, 2.05) is 24.3 Å². The monoisotopic (exact) mass is 526 g/mol. The van der Waals surface area contributed by atoms with Crippen LogP contribution in [0.2, 0.25) is 5.02 Å². The highest BCUT2D eigenvalue weighted by Gasteiger charge is 2.38. The zero-order valence-electron chi connectivity index (χ0n) is 20.2. The van der Waals surface area contributed by atoms with Gasteiger partial charge in [0.2, 0.25) is 0 Å². The summed E-state index contributed by atoms with van der Waals surface area (Å²) in [5, 5.41) is 16.0. The lowest BCUT2D eigenvalue weighted by Gasteiger charge is -2.30. The van der Waals surface area contributed by atoms with Crippen molar-refractivity contribution in [3.63, 3.8) is 0 Å². The number of halogens is 4. The Kier molecular flexibility index (Phi) is 9.44. The van der Waals surface area contributed by atoms with Crippen LogP contribution >= 0.6 is 11.6 Å². The maximum atomic E-state index is 12.5. The molecule has 3 heterocycles. The molecule has 1 aliphatic carbocycles. The number of hydrogen-bond donors (Lipinski definition) is 3. The Morgan fingerprint density at radius 3 is 2.56 bits per heavy atom. The largest absolute Gasteiger partial charge is 0.415 e. The van der Waals surface area contributed by atoms with Crippen LogP contribution in [-0.4, -0.2) is 59.7 Å². The number of pyridine rings is 2. The van der Waals surface area contributed by atoms with E-state index < -0.39 is 18.8 Å². The number of nitrogens with one attached hydrogen (secondary N) is 2. The van der Waals surface area contributed by atoms with Crippen LogP contribution in [-0.2, 0) is 11.2 Å². The van der Waals surface area contributed by atoms with Gasteiger partial charge in [-0.3, -0.25) is 4.98 Å². The summed E-state index contributed by atoms with van der Waals surface area (Å²) in [6.45, 7) is 2.03. The molecule has 3 N–H and O–H groups in total. The Morgan fingerprint density at radius 2 is 1.83 bits per heavy atom. The van der Waals surface area contributed by atoms with Crippen molar-refractivity contribution >= 4 is 17.4 Å². The van der Waals surface area contributed by atoms with Crippen LogP contribution < -0.4 is 10.6 Å². The van der Waals surface area contributed by atoms with Gasteiger partial charge in [0, 0.05) is 49.8 Å². The average molecular weight is 527 g/mol. The van der Waals surface area contributed by atoms with Gasteiger partial charge >= 0.3 is 6.18 Å². The molecule has 6 nitrogen and oxygen atoms in total. The van der Waals surface area contributed by atoms with E-state index in [1.54, 1.807) is 6.20 Å². The molecule has 0 aromatic carbocycles. The Morgan fingerprint density at radius 1 is 1.08 bits per heavy atom. The molecular formula is C26H34ClF3N4O2. The van der Waals surface area contributed by atoms with Crippen molar-refractivity contribution < 1.29 is 23.0 Å². The fourth-order valence-electron chi connectivity index (χ4n) is 4.93. The summed E-state index contributed by atoms with van der Waals surface area (Å²) in [6, 6.07) is 7.86. The molecule has 1 atom stereocenters. The first kappa shape index (κ1) is 27.1. The van der Waals surface area contributed by atoms with Crippen molar-refractivity contribution in [3.05, 3.63) is 41.2 Å². The van der Waals surface area contributed by atoms with Crippen LogP contribution in [0.5, 0.6) is 0 Å². The lowest BCUT2D eigenvalue weighted by atomic mass is 9.83. The summed E-state index contributed by atoms with van der Waals surface area (Å²) in [4.78, 5) is 9.30. The third kappa shape index (κ3) is 7.78. The number of aliphatic hydroxyl groups is 1. The lowest BCUT2D eigenvalue weighted by molar-refractivity contribution is -0.202. The van der Waals surface area contributed by atoms with E-state index in [9.17, 15) is 18.3 Å². The highest BCUT2D eigenvalue weighted by atomic mass is 35.5. The Labute approximate surface area is 215 Å². The van der Waals surface area contributed by atoms with Crippen LogP contribution in [0.4, 0.5) is 19.0 Å². The molecule has 1 aliphatic heterocycles. The molecule has 2 aromatic heterocycles. The SMILES string of the molecule is O[C@@H](CNC1CCC(Cc2cc(-c3cccc(NCC4CCOCC4)n3)c(Cl)cn2)CC1)C(F)(F)F. The Bertz CT molecular complexity index is 980. The van der Waals surface area contributed by atoms with Gasteiger partial charge in [-0.1, -0.05) is 17.7 Å². The second-order valence-electron chi connectivity index (χ2n) is 9.89. The molecule has 0 unspecified atom stereocenters. The molecule has 2 aromatic rings. The first-order chi connectivity index (χ1) is 17.3. The van der Waals surface area contributed by atoms with Crippen molar-refractivity contribution in [2.45, 2.75) is 63.3 Å². The average Bonchev–Trinajstić information content (AvgIpc) is 2.88. The Hall–Kier alpha value is -1.94. The van der Waals surface area contributed by atoms with Crippen molar-refractivity contribution in [1.29, 1.82) is 0 Å². The van der Waals surface area contributed by atoms with Gasteiger partial charge < -0.3 is 20.5 Å². The first-order valence-corrected chi connectivity index (χ1v) is 13.1. The highest BCUT2D eigenvalue weighted by molar-refractivity contribution is 6.33. The summed E-state index contributed by atoms with van der Waals surface area (Å²) in [6.07, 6.45) is 0.988. The summed E-state index contributed by atoms with van der Waals surface area (Å²) < 4.78 is 43.0. The van der Waals surface area contributed by atoms with Crippen LogP contribution in [0.25, 0.3) is 11.3 Å². The van der Waals surface area contributed by atoms with E-state index in [1.165, 1.54) is 0 Å². The number of rotatable bonds is 9. The van der Waals surface area contributed by atoms with E-state index in [4.69, 9.17) is 21.3 Å². The third-order valence-electron chi connectivity index (χ3n) is 7.17. The highest BCUT2D eigenvalue weighted by Crippen LogP contribution is 2.31. The minimum atomic E-state index is -4.59. The third-order valence-corrected chi connectivity index (χ3v) is 7.47. The molecule has 1 saturated carbocycles.